The molecule has 0 aliphatic rings. The zero-order valence-electron chi connectivity index (χ0n) is 10.6. The highest BCUT2D eigenvalue weighted by Gasteiger charge is 2.12. The highest BCUT2D eigenvalue weighted by molar-refractivity contribution is 5.85. The Bertz CT molecular complexity index is 967. The number of rotatable bonds is 1. The van der Waals surface area contributed by atoms with Crippen LogP contribution in [-0.4, -0.2) is 14.6 Å². The largest absolute Gasteiger partial charge is 0.319 e. The molecule has 0 saturated heterocycles. The van der Waals surface area contributed by atoms with Crippen molar-refractivity contribution in [3.05, 3.63) is 71.1 Å². The number of benzene rings is 2. The summed E-state index contributed by atoms with van der Waals surface area (Å²) in [4.78, 5) is 15.2. The van der Waals surface area contributed by atoms with Gasteiger partial charge in [-0.2, -0.15) is 5.10 Å². The summed E-state index contributed by atoms with van der Waals surface area (Å²) >= 11 is 0. The van der Waals surface area contributed by atoms with Gasteiger partial charge in [-0.1, -0.05) is 42.5 Å². The maximum Gasteiger partial charge on any atom is 0.275 e. The van der Waals surface area contributed by atoms with Gasteiger partial charge in [0.05, 0.1) is 17.2 Å². The molecule has 4 nitrogen and oxygen atoms in total. The molecule has 0 aliphatic carbocycles. The number of hydrogen-bond donors (Lipinski definition) is 1. The lowest BCUT2D eigenvalue weighted by atomic mass is 10.1. The zero-order valence-corrected chi connectivity index (χ0v) is 10.6. The normalized spacial score (nSPS) is 11.2. The molecule has 0 radical (unpaired) electrons. The fourth-order valence-corrected chi connectivity index (χ4v) is 2.52. The van der Waals surface area contributed by atoms with E-state index >= 15 is 0 Å². The first kappa shape index (κ1) is 11.0. The van der Waals surface area contributed by atoms with Crippen molar-refractivity contribution in [1.82, 2.24) is 14.6 Å². The lowest BCUT2D eigenvalue weighted by Crippen LogP contribution is -2.11. The summed E-state index contributed by atoms with van der Waals surface area (Å²) < 4.78 is 1.70. The average Bonchev–Trinajstić information content (AvgIpc) is 2.94. The summed E-state index contributed by atoms with van der Waals surface area (Å²) in [5.74, 6) is 0. The van der Waals surface area contributed by atoms with Crippen LogP contribution in [0.25, 0.3) is 27.7 Å². The number of hydrogen-bond acceptors (Lipinski definition) is 2. The van der Waals surface area contributed by atoms with Crippen LogP contribution in [0.3, 0.4) is 0 Å². The monoisotopic (exact) mass is 261 g/mol. The molecule has 0 atom stereocenters. The van der Waals surface area contributed by atoms with Gasteiger partial charge in [-0.3, -0.25) is 4.79 Å². The molecule has 2 heterocycles. The first-order valence-electron chi connectivity index (χ1n) is 6.39. The van der Waals surface area contributed by atoms with Crippen LogP contribution in [0.2, 0.25) is 0 Å². The zero-order chi connectivity index (χ0) is 13.5. The minimum absolute atomic E-state index is 0.125. The number of H-pyrrole nitrogens is 1. The van der Waals surface area contributed by atoms with E-state index in [0.29, 0.717) is 5.52 Å². The van der Waals surface area contributed by atoms with E-state index in [0.717, 1.165) is 22.2 Å². The number of fused-ring (bicyclic) bond motifs is 3. The number of nitrogens with one attached hydrogen (secondary N) is 1. The standard InChI is InChI=1S/C16H11N3O/c20-16-15-12(11-6-2-1-3-7-11)10-17-19(15)14-9-5-4-8-13(14)18-16/h1-10H,(H,18,20). The number of aromatic amines is 1. The van der Waals surface area contributed by atoms with Crippen LogP contribution in [-0.2, 0) is 0 Å². The van der Waals surface area contributed by atoms with Gasteiger partial charge in [0.15, 0.2) is 0 Å². The van der Waals surface area contributed by atoms with Crippen LogP contribution in [0, 0.1) is 0 Å². The smallest absolute Gasteiger partial charge is 0.275 e. The molecule has 0 amide bonds. The minimum atomic E-state index is -0.125. The summed E-state index contributed by atoms with van der Waals surface area (Å²) in [7, 11) is 0. The summed E-state index contributed by atoms with van der Waals surface area (Å²) in [5.41, 5.74) is 3.97. The van der Waals surface area contributed by atoms with Crippen molar-refractivity contribution in [3.63, 3.8) is 0 Å². The van der Waals surface area contributed by atoms with Crippen molar-refractivity contribution in [1.29, 1.82) is 0 Å². The number of para-hydroxylation sites is 2. The van der Waals surface area contributed by atoms with Crippen LogP contribution in [0.1, 0.15) is 0 Å². The second-order valence-corrected chi connectivity index (χ2v) is 4.66. The Morgan fingerprint density at radius 3 is 2.55 bits per heavy atom. The Morgan fingerprint density at radius 1 is 0.950 bits per heavy atom. The van der Waals surface area contributed by atoms with Gasteiger partial charge in [0.1, 0.15) is 5.52 Å². The molecule has 4 aromatic rings. The van der Waals surface area contributed by atoms with Gasteiger partial charge in [-0.25, -0.2) is 4.52 Å². The minimum Gasteiger partial charge on any atom is -0.319 e. The van der Waals surface area contributed by atoms with Gasteiger partial charge >= 0.3 is 0 Å². The van der Waals surface area contributed by atoms with Crippen LogP contribution in [0.15, 0.2) is 65.6 Å². The Labute approximate surface area is 114 Å². The second-order valence-electron chi connectivity index (χ2n) is 4.66. The highest BCUT2D eigenvalue weighted by Crippen LogP contribution is 2.23. The van der Waals surface area contributed by atoms with E-state index in [2.05, 4.69) is 10.1 Å². The lowest BCUT2D eigenvalue weighted by Gasteiger charge is -2.02. The van der Waals surface area contributed by atoms with E-state index < -0.39 is 0 Å². The summed E-state index contributed by atoms with van der Waals surface area (Å²) in [6.07, 6.45) is 1.74. The topological polar surface area (TPSA) is 50.2 Å². The third-order valence-electron chi connectivity index (χ3n) is 3.45. The predicted molar refractivity (Wildman–Crippen MR) is 78.8 cm³/mol. The van der Waals surface area contributed by atoms with Gasteiger partial charge < -0.3 is 4.98 Å². The molecule has 0 spiro atoms. The van der Waals surface area contributed by atoms with Gasteiger partial charge in [0.25, 0.3) is 5.56 Å². The summed E-state index contributed by atoms with van der Waals surface area (Å²) in [6, 6.07) is 17.5. The maximum atomic E-state index is 12.3. The van der Waals surface area contributed by atoms with E-state index in [1.165, 1.54) is 0 Å². The Kier molecular flexibility index (Phi) is 2.23. The fourth-order valence-electron chi connectivity index (χ4n) is 2.52. The van der Waals surface area contributed by atoms with E-state index in [1.807, 2.05) is 54.6 Å². The van der Waals surface area contributed by atoms with E-state index in [4.69, 9.17) is 0 Å². The molecule has 0 unspecified atom stereocenters. The Morgan fingerprint density at radius 2 is 1.70 bits per heavy atom. The van der Waals surface area contributed by atoms with Crippen molar-refractivity contribution in [2.45, 2.75) is 0 Å². The highest BCUT2D eigenvalue weighted by atomic mass is 16.1. The molecule has 4 heteroatoms. The Balaban J connectivity index is 2.16. The summed E-state index contributed by atoms with van der Waals surface area (Å²) in [5, 5.41) is 4.38. The molecule has 20 heavy (non-hydrogen) atoms. The first-order valence-corrected chi connectivity index (χ1v) is 6.39. The van der Waals surface area contributed by atoms with E-state index in [-0.39, 0.29) is 5.56 Å². The van der Waals surface area contributed by atoms with Crippen molar-refractivity contribution in [2.75, 3.05) is 0 Å². The molecule has 0 aliphatic heterocycles. The molecule has 4 rings (SSSR count). The van der Waals surface area contributed by atoms with Gasteiger partial charge in [0, 0.05) is 5.56 Å². The maximum absolute atomic E-state index is 12.3. The molecule has 96 valence electrons. The van der Waals surface area contributed by atoms with Gasteiger partial charge in [-0.15, -0.1) is 0 Å². The van der Waals surface area contributed by atoms with Gasteiger partial charge in [-0.05, 0) is 17.7 Å². The van der Waals surface area contributed by atoms with E-state index in [9.17, 15) is 4.79 Å². The molecule has 2 aromatic heterocycles. The first-order chi connectivity index (χ1) is 9.84. The van der Waals surface area contributed by atoms with Crippen LogP contribution >= 0.6 is 0 Å². The van der Waals surface area contributed by atoms with Crippen LogP contribution < -0.4 is 5.56 Å². The lowest BCUT2D eigenvalue weighted by molar-refractivity contribution is 0.987. The van der Waals surface area contributed by atoms with E-state index in [1.54, 1.807) is 10.7 Å². The molecular formula is C16H11N3O. The fraction of sp³-hybridized carbons (Fsp3) is 0. The molecule has 0 fully saturated rings. The SMILES string of the molecule is O=c1[nH]c2ccccc2n2ncc(-c3ccccc3)c12. The van der Waals surface area contributed by atoms with Crippen molar-refractivity contribution >= 4 is 16.6 Å². The molecule has 0 saturated carbocycles. The molecule has 2 aromatic carbocycles. The average molecular weight is 261 g/mol. The van der Waals surface area contributed by atoms with Crippen molar-refractivity contribution in [3.8, 4) is 11.1 Å². The third-order valence-corrected chi connectivity index (χ3v) is 3.45. The summed E-state index contributed by atoms with van der Waals surface area (Å²) in [6.45, 7) is 0. The quantitative estimate of drug-likeness (QED) is 0.573. The van der Waals surface area contributed by atoms with Crippen molar-refractivity contribution < 1.29 is 0 Å². The second kappa shape index (κ2) is 4.06. The van der Waals surface area contributed by atoms with Crippen molar-refractivity contribution in [2.24, 2.45) is 0 Å². The van der Waals surface area contributed by atoms with Crippen LogP contribution in [0.5, 0.6) is 0 Å². The van der Waals surface area contributed by atoms with Gasteiger partial charge in [0.2, 0.25) is 0 Å². The van der Waals surface area contributed by atoms with Crippen LogP contribution in [0.4, 0.5) is 0 Å². The third kappa shape index (κ3) is 1.48. The Hall–Kier alpha value is -2.88. The molecule has 0 bridgehead atoms. The molecular weight excluding hydrogens is 250 g/mol. The molecule has 1 N–H and O–H groups in total. The number of aromatic nitrogens is 3. The predicted octanol–water partition coefficient (Wildman–Crippen LogP) is 2.84. The number of nitrogens with zero attached hydrogens (tertiary/aromatic N) is 2.